The Morgan fingerprint density at radius 2 is 1.03 bits per heavy atom. The third-order valence-electron chi connectivity index (χ3n) is 6.25. The van der Waals surface area contributed by atoms with Crippen LogP contribution in [0.25, 0.3) is 11.1 Å². The molecule has 0 spiro atoms. The van der Waals surface area contributed by atoms with Gasteiger partial charge in [-0.2, -0.15) is 0 Å². The molecule has 0 unspecified atom stereocenters. The van der Waals surface area contributed by atoms with E-state index in [1.54, 1.807) is 0 Å². The smallest absolute Gasteiger partial charge is 0.141 e. The molecule has 0 atom stereocenters. The average molecular weight is 393 g/mol. The van der Waals surface area contributed by atoms with Crippen molar-refractivity contribution >= 4 is 0 Å². The fourth-order valence-corrected chi connectivity index (χ4v) is 4.08. The molecule has 0 aromatic heterocycles. The number of benzene rings is 4. The minimum atomic E-state index is -1.26. The van der Waals surface area contributed by atoms with Crippen LogP contribution < -0.4 is 0 Å². The maximum absolute atomic E-state index is 12.5. The first-order chi connectivity index (χ1) is 14.4. The van der Waals surface area contributed by atoms with E-state index in [0.29, 0.717) is 0 Å². The third-order valence-corrected chi connectivity index (χ3v) is 6.25. The second-order valence-electron chi connectivity index (χ2n) is 8.22. The Kier molecular flexibility index (Phi) is 5.32. The molecule has 0 saturated carbocycles. The third kappa shape index (κ3) is 3.46. The zero-order chi connectivity index (χ0) is 21.3. The lowest BCUT2D eigenvalue weighted by Crippen LogP contribution is -2.30. The fraction of sp³-hybridized carbons (Fsp3) is 0.172. The fourth-order valence-electron chi connectivity index (χ4n) is 4.08. The van der Waals surface area contributed by atoms with Crippen molar-refractivity contribution in [3.05, 3.63) is 130 Å². The highest BCUT2D eigenvalue weighted by atomic mass is 16.3. The van der Waals surface area contributed by atoms with Gasteiger partial charge in [0.05, 0.1) is 0 Å². The van der Waals surface area contributed by atoms with Gasteiger partial charge in [0.15, 0.2) is 0 Å². The summed E-state index contributed by atoms with van der Waals surface area (Å²) in [6.07, 6.45) is 0. The van der Waals surface area contributed by atoms with Crippen LogP contribution in [0.4, 0.5) is 0 Å². The minimum absolute atomic E-state index is 0.886. The molecule has 0 bridgehead atoms. The molecule has 4 aromatic rings. The molecule has 1 N–H and O–H groups in total. The van der Waals surface area contributed by atoms with Gasteiger partial charge in [-0.15, -0.1) is 0 Å². The van der Waals surface area contributed by atoms with Crippen LogP contribution in [0.15, 0.2) is 91.0 Å². The summed E-state index contributed by atoms with van der Waals surface area (Å²) in [5.41, 5.74) is 8.32. The van der Waals surface area contributed by atoms with Gasteiger partial charge < -0.3 is 5.11 Å². The SMILES string of the molecule is Cc1ccc(C(O)(c2ccc(C)c(C)c2)c2ccccc2-c2ccccc2)cc1C. The second kappa shape index (κ2) is 7.93. The minimum Gasteiger partial charge on any atom is -0.376 e. The van der Waals surface area contributed by atoms with Gasteiger partial charge in [0, 0.05) is 5.56 Å². The van der Waals surface area contributed by atoms with Crippen molar-refractivity contribution in [2.45, 2.75) is 33.3 Å². The molecule has 0 aliphatic carbocycles. The highest BCUT2D eigenvalue weighted by Crippen LogP contribution is 2.42. The van der Waals surface area contributed by atoms with Crippen molar-refractivity contribution in [1.29, 1.82) is 0 Å². The Morgan fingerprint density at radius 3 is 1.57 bits per heavy atom. The van der Waals surface area contributed by atoms with Crippen LogP contribution in [0.5, 0.6) is 0 Å². The van der Waals surface area contributed by atoms with Crippen molar-refractivity contribution < 1.29 is 5.11 Å². The van der Waals surface area contributed by atoms with Crippen LogP contribution >= 0.6 is 0 Å². The normalized spacial score (nSPS) is 11.5. The van der Waals surface area contributed by atoms with E-state index in [4.69, 9.17) is 0 Å². The predicted octanol–water partition coefficient (Wildman–Crippen LogP) is 6.87. The molecule has 0 amide bonds. The van der Waals surface area contributed by atoms with Crippen molar-refractivity contribution in [2.24, 2.45) is 0 Å². The zero-order valence-corrected chi connectivity index (χ0v) is 18.1. The van der Waals surface area contributed by atoms with Crippen LogP contribution in [-0.2, 0) is 5.60 Å². The summed E-state index contributed by atoms with van der Waals surface area (Å²) in [5.74, 6) is 0. The number of aryl methyl sites for hydroxylation is 4. The Labute approximate surface area is 179 Å². The lowest BCUT2D eigenvalue weighted by Gasteiger charge is -2.33. The summed E-state index contributed by atoms with van der Waals surface area (Å²) in [4.78, 5) is 0. The zero-order valence-electron chi connectivity index (χ0n) is 18.1. The van der Waals surface area contributed by atoms with E-state index < -0.39 is 5.60 Å². The van der Waals surface area contributed by atoms with Gasteiger partial charge in [-0.1, -0.05) is 91.0 Å². The van der Waals surface area contributed by atoms with Crippen LogP contribution in [0.1, 0.15) is 38.9 Å². The highest BCUT2D eigenvalue weighted by Gasteiger charge is 2.36. The van der Waals surface area contributed by atoms with Crippen LogP contribution in [0.2, 0.25) is 0 Å². The van der Waals surface area contributed by atoms with E-state index in [1.165, 1.54) is 22.3 Å². The van der Waals surface area contributed by atoms with Gasteiger partial charge in [-0.3, -0.25) is 0 Å². The Balaban J connectivity index is 2.05. The lowest BCUT2D eigenvalue weighted by atomic mass is 9.76. The summed E-state index contributed by atoms with van der Waals surface area (Å²) in [7, 11) is 0. The summed E-state index contributed by atoms with van der Waals surface area (Å²) >= 11 is 0. The molecule has 0 aliphatic heterocycles. The van der Waals surface area contributed by atoms with Crippen molar-refractivity contribution in [2.75, 3.05) is 0 Å². The summed E-state index contributed by atoms with van der Waals surface area (Å²) < 4.78 is 0. The lowest BCUT2D eigenvalue weighted by molar-refractivity contribution is 0.126. The Morgan fingerprint density at radius 1 is 0.533 bits per heavy atom. The van der Waals surface area contributed by atoms with E-state index in [0.717, 1.165) is 27.8 Å². The summed E-state index contributed by atoms with van der Waals surface area (Å²) in [6, 6.07) is 31.0. The highest BCUT2D eigenvalue weighted by molar-refractivity contribution is 5.71. The molecule has 0 fully saturated rings. The molecule has 1 heteroatoms. The number of aliphatic hydroxyl groups is 1. The topological polar surface area (TPSA) is 20.2 Å². The van der Waals surface area contributed by atoms with Gasteiger partial charge in [-0.25, -0.2) is 0 Å². The Bertz CT molecular complexity index is 1140. The number of hydrogen-bond donors (Lipinski definition) is 1. The standard InChI is InChI=1S/C29H28O/c1-20-14-16-25(18-22(20)3)29(30,26-17-15-21(2)23(4)19-26)28-13-9-8-12-27(28)24-10-6-5-7-11-24/h5-19,30H,1-4H3. The van der Waals surface area contributed by atoms with E-state index in [9.17, 15) is 5.11 Å². The molecule has 1 nitrogen and oxygen atoms in total. The van der Waals surface area contributed by atoms with Crippen molar-refractivity contribution in [1.82, 2.24) is 0 Å². The molecule has 4 aromatic carbocycles. The maximum atomic E-state index is 12.5. The number of rotatable bonds is 4. The first-order valence-corrected chi connectivity index (χ1v) is 10.4. The molecule has 4 rings (SSSR count). The van der Waals surface area contributed by atoms with E-state index >= 15 is 0 Å². The monoisotopic (exact) mass is 392 g/mol. The van der Waals surface area contributed by atoms with Crippen molar-refractivity contribution in [3.63, 3.8) is 0 Å². The van der Waals surface area contributed by atoms with Crippen LogP contribution in [0.3, 0.4) is 0 Å². The molecule has 0 aliphatic rings. The largest absolute Gasteiger partial charge is 0.376 e. The average Bonchev–Trinajstić information content (AvgIpc) is 2.77. The maximum Gasteiger partial charge on any atom is 0.141 e. The first-order valence-electron chi connectivity index (χ1n) is 10.4. The van der Waals surface area contributed by atoms with Gasteiger partial charge in [0.25, 0.3) is 0 Å². The molecule has 150 valence electrons. The molecule has 0 radical (unpaired) electrons. The van der Waals surface area contributed by atoms with Gasteiger partial charge in [0.2, 0.25) is 0 Å². The van der Waals surface area contributed by atoms with E-state index in [-0.39, 0.29) is 0 Å². The number of hydrogen-bond acceptors (Lipinski definition) is 1. The van der Waals surface area contributed by atoms with E-state index in [1.807, 2.05) is 36.4 Å². The Hall–Kier alpha value is -3.16. The molecule has 0 heterocycles. The van der Waals surface area contributed by atoms with Crippen LogP contribution in [0, 0.1) is 27.7 Å². The molecular weight excluding hydrogens is 364 g/mol. The molecule has 30 heavy (non-hydrogen) atoms. The quantitative estimate of drug-likeness (QED) is 0.376. The molecular formula is C29H28O. The van der Waals surface area contributed by atoms with Gasteiger partial charge >= 0.3 is 0 Å². The van der Waals surface area contributed by atoms with Crippen LogP contribution in [-0.4, -0.2) is 5.11 Å². The van der Waals surface area contributed by atoms with E-state index in [2.05, 4.69) is 82.3 Å². The summed E-state index contributed by atoms with van der Waals surface area (Å²) in [5, 5.41) is 12.5. The first kappa shape index (κ1) is 20.1. The van der Waals surface area contributed by atoms with Crippen molar-refractivity contribution in [3.8, 4) is 11.1 Å². The van der Waals surface area contributed by atoms with Gasteiger partial charge in [0.1, 0.15) is 5.60 Å². The van der Waals surface area contributed by atoms with Gasteiger partial charge in [-0.05, 0) is 72.2 Å². The predicted molar refractivity (Wildman–Crippen MR) is 126 cm³/mol. The molecule has 0 saturated heterocycles. The summed E-state index contributed by atoms with van der Waals surface area (Å²) in [6.45, 7) is 8.41. The second-order valence-corrected chi connectivity index (χ2v) is 8.22.